The van der Waals surface area contributed by atoms with Crippen LogP contribution in [0.1, 0.15) is 5.56 Å². The van der Waals surface area contributed by atoms with Gasteiger partial charge in [0.05, 0.1) is 0 Å². The quantitative estimate of drug-likeness (QED) is 0.107. The van der Waals surface area contributed by atoms with Gasteiger partial charge in [-0.2, -0.15) is 0 Å². The van der Waals surface area contributed by atoms with Gasteiger partial charge in [0.1, 0.15) is 0 Å². The second kappa shape index (κ2) is 22.2. The minimum atomic E-state index is -4.10. The number of benzene rings is 1. The summed E-state index contributed by atoms with van der Waals surface area (Å²) >= 11 is 0. The molecule has 19 nitrogen and oxygen atoms in total. The molecule has 0 radical (unpaired) electrons. The molecule has 0 heterocycles. The van der Waals surface area contributed by atoms with Crippen molar-refractivity contribution in [3.63, 3.8) is 0 Å². The number of nitrogens with zero attached hydrogens (tertiary/aromatic N) is 16. The van der Waals surface area contributed by atoms with Gasteiger partial charge in [-0.25, -0.2) is 0 Å². The molecule has 0 aromatic heterocycles. The van der Waals surface area contributed by atoms with E-state index in [1.807, 2.05) is 12.1 Å². The van der Waals surface area contributed by atoms with E-state index in [-0.39, 0.29) is 0 Å². The molecule has 0 aliphatic carbocycles. The zero-order valence-corrected chi connectivity index (χ0v) is 46.8. The normalized spacial score (nSPS) is 14.7. The molecule has 0 bridgehead atoms. The van der Waals surface area contributed by atoms with E-state index in [0.717, 1.165) is 10.8 Å². The van der Waals surface area contributed by atoms with Gasteiger partial charge in [-0.05, 0) is 0 Å². The third-order valence-corrected chi connectivity index (χ3v) is 34.1. The van der Waals surface area contributed by atoms with Crippen LogP contribution >= 0.6 is 37.9 Å². The van der Waals surface area contributed by atoms with Gasteiger partial charge >= 0.3 is 359 Å². The van der Waals surface area contributed by atoms with Crippen LogP contribution in [0.2, 0.25) is 0 Å². The Morgan fingerprint density at radius 2 is 0.621 bits per heavy atom. The SMILES string of the molecule is CO[Si](OC)(OC)c1ccc(CN(C)P(=N[PH](N=P(N(C)C)(N(C)C)N(C)C)(N=P(N(C)C)(N(C)C)N(C)C)N=P(N(C)C)(N(C)C)N(C)C)(N(C)C)N(C)C)cc1. The molecule has 0 fully saturated rings. The van der Waals surface area contributed by atoms with Gasteiger partial charge in [0.15, 0.2) is 0 Å². The first-order valence-corrected chi connectivity index (χ1v) is 28.9. The summed E-state index contributed by atoms with van der Waals surface area (Å²) in [5.74, 6) is 0. The van der Waals surface area contributed by atoms with Crippen LogP contribution in [0, 0.1) is 0 Å². The molecule has 1 aromatic carbocycles. The van der Waals surface area contributed by atoms with Crippen molar-refractivity contribution in [1.29, 1.82) is 0 Å². The van der Waals surface area contributed by atoms with E-state index in [1.165, 1.54) is 0 Å². The van der Waals surface area contributed by atoms with Crippen molar-refractivity contribution in [3.8, 4) is 0 Å². The van der Waals surface area contributed by atoms with Gasteiger partial charge in [-0.3, -0.25) is 0 Å². The Morgan fingerprint density at radius 3 is 0.828 bits per heavy atom. The summed E-state index contributed by atoms with van der Waals surface area (Å²) in [4.78, 5) is 0. The van der Waals surface area contributed by atoms with Crippen LogP contribution in [0.3, 0.4) is 0 Å². The first kappa shape index (κ1) is 56.2. The Balaban J connectivity index is 5.23. The molecule has 0 saturated heterocycles. The van der Waals surface area contributed by atoms with Crippen molar-refractivity contribution >= 4 is 51.9 Å². The number of hydrogen-bond acceptors (Lipinski definition) is 7. The molecule has 1 aromatic rings. The molecule has 0 saturated carbocycles. The second-order valence-electron chi connectivity index (χ2n) is 16.1. The minimum absolute atomic E-state index is 0.583. The molecule has 0 N–H and O–H groups in total. The van der Waals surface area contributed by atoms with E-state index in [2.05, 4.69) is 230 Å². The van der Waals surface area contributed by atoms with Gasteiger partial charge < -0.3 is 0 Å². The topological polar surface area (TPSA) is 116 Å². The zero-order chi connectivity index (χ0) is 45.6. The standard InChI is InChI=1S/C33H85N16O3P5Si/c1-38(2)54(39(3)4,40(5)6)34-53(35-55(41(7)8,42(9)10)43(11)12,36-56(44(13)14,45(15)16)46(17)18)37-57(47(19)20,48(21)22)49(23)31-32-27-29-33(30-28-32)58(50-24,51-25)52-26/h27-30,53H,31H2,1-26H3. The van der Waals surface area contributed by atoms with Crippen molar-refractivity contribution in [2.45, 2.75) is 6.54 Å². The number of rotatable bonds is 22. The maximum atomic E-state index is 6.34. The Bertz CT molecular complexity index is 1470. The summed E-state index contributed by atoms with van der Waals surface area (Å²) in [5, 5.41) is 0.893. The Labute approximate surface area is 357 Å². The molecular weight excluding hydrogens is 851 g/mol. The molecule has 25 heteroatoms. The fraction of sp³-hybridized carbons (Fsp3) is 0.818. The van der Waals surface area contributed by atoms with E-state index in [9.17, 15) is 0 Å². The summed E-state index contributed by atoms with van der Waals surface area (Å²) in [6, 6.07) is 8.34. The summed E-state index contributed by atoms with van der Waals surface area (Å²) in [6.07, 6.45) is 0. The van der Waals surface area contributed by atoms with Crippen LogP contribution in [0.4, 0.5) is 0 Å². The Hall–Kier alpha value is 0.187. The predicted molar refractivity (Wildman–Crippen MR) is 261 cm³/mol. The van der Waals surface area contributed by atoms with Crippen molar-refractivity contribution in [2.75, 3.05) is 183 Å². The van der Waals surface area contributed by atoms with Crippen molar-refractivity contribution in [3.05, 3.63) is 29.8 Å². The number of hydrogen-bond donors (Lipinski definition) is 0. The van der Waals surface area contributed by atoms with E-state index in [4.69, 9.17) is 31.3 Å². The van der Waals surface area contributed by atoms with Gasteiger partial charge in [-0.1, -0.05) is 0 Å². The average Bonchev–Trinajstić information content (AvgIpc) is 3.10. The van der Waals surface area contributed by atoms with Crippen LogP contribution in [0.15, 0.2) is 42.3 Å². The third kappa shape index (κ3) is 10.9. The molecule has 0 aliphatic heterocycles. The van der Waals surface area contributed by atoms with Crippen LogP contribution in [0.25, 0.3) is 0 Å². The molecule has 1 rings (SSSR count). The fourth-order valence-corrected chi connectivity index (χ4v) is 35.7. The van der Waals surface area contributed by atoms with Gasteiger partial charge in [-0.15, -0.1) is 0 Å². The van der Waals surface area contributed by atoms with Crippen molar-refractivity contribution < 1.29 is 13.3 Å². The summed E-state index contributed by atoms with van der Waals surface area (Å²) in [6.45, 7) is 0.583. The Morgan fingerprint density at radius 1 is 0.397 bits per heavy atom. The first-order valence-electron chi connectivity index (χ1n) is 19.0. The van der Waals surface area contributed by atoms with Crippen LogP contribution in [-0.2, 0) is 19.8 Å². The van der Waals surface area contributed by atoms with Crippen LogP contribution < -0.4 is 5.19 Å². The monoisotopic (exact) mass is 937 g/mol. The molecule has 0 unspecified atom stereocenters. The summed E-state index contributed by atoms with van der Waals surface area (Å²) in [5.41, 5.74) is 1.10. The first-order chi connectivity index (χ1) is 26.5. The summed E-state index contributed by atoms with van der Waals surface area (Å²) < 4.78 is 69.6. The molecule has 0 amide bonds. The molecule has 0 spiro atoms. The second-order valence-corrected chi connectivity index (χ2v) is 37.2. The fourth-order valence-electron chi connectivity index (χ4n) is 7.87. The third-order valence-electron chi connectivity index (χ3n) is 9.96. The van der Waals surface area contributed by atoms with Gasteiger partial charge in [0, 0.05) is 0 Å². The molecular formula is C33H85N16O3P5Si. The van der Waals surface area contributed by atoms with Crippen molar-refractivity contribution in [2.24, 2.45) is 18.1 Å². The molecule has 0 atom stereocenters. The van der Waals surface area contributed by atoms with E-state index < -0.39 is 46.7 Å². The van der Waals surface area contributed by atoms with E-state index in [1.54, 1.807) is 21.3 Å². The Kier molecular flexibility index (Phi) is 21.5. The molecule has 0 aliphatic rings. The average molecular weight is 937 g/mol. The zero-order valence-electron chi connectivity index (χ0n) is 41.2. The van der Waals surface area contributed by atoms with Crippen LogP contribution in [0.5, 0.6) is 0 Å². The predicted octanol–water partition coefficient (Wildman–Crippen LogP) is 5.58. The van der Waals surface area contributed by atoms with Gasteiger partial charge in [0.2, 0.25) is 0 Å². The van der Waals surface area contributed by atoms with Crippen molar-refractivity contribution in [1.82, 2.24) is 56.0 Å². The molecule has 58 heavy (non-hydrogen) atoms. The van der Waals surface area contributed by atoms with Crippen LogP contribution in [-0.4, -0.2) is 248 Å². The maximum absolute atomic E-state index is 6.34. The van der Waals surface area contributed by atoms with Gasteiger partial charge in [0.25, 0.3) is 0 Å². The van der Waals surface area contributed by atoms with E-state index in [0.29, 0.717) is 6.54 Å². The molecule has 344 valence electrons. The van der Waals surface area contributed by atoms with E-state index >= 15 is 0 Å². The summed E-state index contributed by atoms with van der Waals surface area (Å²) in [7, 11) is 35.4.